The highest BCUT2D eigenvalue weighted by Crippen LogP contribution is 2.13. The van der Waals surface area contributed by atoms with Gasteiger partial charge in [-0.25, -0.2) is 0 Å². The molecule has 0 rings (SSSR count). The van der Waals surface area contributed by atoms with Crippen LogP contribution < -0.4 is 6.15 Å². The summed E-state index contributed by atoms with van der Waals surface area (Å²) in [4.78, 5) is 0. The molecule has 0 atom stereocenters. The van der Waals surface area contributed by atoms with Crippen molar-refractivity contribution < 1.29 is 13.0 Å². The lowest BCUT2D eigenvalue weighted by Gasteiger charge is -2.03. The van der Waals surface area contributed by atoms with Gasteiger partial charge in [0, 0.05) is 0 Å². The van der Waals surface area contributed by atoms with E-state index in [1.54, 1.807) is 0 Å². The van der Waals surface area contributed by atoms with Crippen molar-refractivity contribution in [2.24, 2.45) is 0 Å². The number of rotatable bonds is 15. The maximum absolute atomic E-state index is 10.5. The topological polar surface area (TPSA) is 89.4 Å². The monoisotopic (exact) mass is 323 g/mol. The molecule has 0 unspecified atom stereocenters. The van der Waals surface area contributed by atoms with Gasteiger partial charge in [-0.1, -0.05) is 90.4 Å². The van der Waals surface area contributed by atoms with E-state index in [0.717, 1.165) is 12.8 Å². The van der Waals surface area contributed by atoms with Crippen LogP contribution in [0.25, 0.3) is 0 Å². The fourth-order valence-corrected chi connectivity index (χ4v) is 3.05. The summed E-state index contributed by atoms with van der Waals surface area (Å²) in [6.07, 6.45) is 17.4. The molecule has 0 amide bonds. The first kappa shape index (κ1) is 23.1. The first-order valence-corrected chi connectivity index (χ1v) is 10.1. The Kier molecular flexibility index (Phi) is 17.9. The molecule has 0 aliphatic rings. The smallest absolute Gasteiger partial charge is 0.264 e. The van der Waals surface area contributed by atoms with Gasteiger partial charge in [0.2, 0.25) is 0 Å². The average Bonchev–Trinajstić information content (AvgIpc) is 2.38. The third-order valence-corrected chi connectivity index (χ3v) is 4.56. The maximum atomic E-state index is 10.5. The van der Waals surface area contributed by atoms with Gasteiger partial charge < -0.3 is 6.15 Å². The fourth-order valence-electron chi connectivity index (χ4n) is 2.48. The predicted octanol–water partition coefficient (Wildman–Crippen LogP) is 5.52. The second kappa shape index (κ2) is 16.2. The van der Waals surface area contributed by atoms with Gasteiger partial charge >= 0.3 is 0 Å². The molecule has 0 heterocycles. The Labute approximate surface area is 132 Å². The summed E-state index contributed by atoms with van der Waals surface area (Å²) in [7, 11) is -3.74. The van der Waals surface area contributed by atoms with Crippen molar-refractivity contribution in [3.63, 3.8) is 0 Å². The minimum absolute atomic E-state index is 0. The Morgan fingerprint density at radius 2 is 0.905 bits per heavy atom. The lowest BCUT2D eigenvalue weighted by Crippen LogP contribution is -2.03. The van der Waals surface area contributed by atoms with Gasteiger partial charge in [-0.15, -0.1) is 0 Å². The minimum atomic E-state index is -3.74. The van der Waals surface area contributed by atoms with Gasteiger partial charge in [-0.3, -0.25) is 4.55 Å². The quantitative estimate of drug-likeness (QED) is 0.307. The largest absolute Gasteiger partial charge is 0.344 e. The van der Waals surface area contributed by atoms with Gasteiger partial charge in [0.1, 0.15) is 0 Å². The van der Waals surface area contributed by atoms with Crippen molar-refractivity contribution in [1.29, 1.82) is 0 Å². The fraction of sp³-hybridized carbons (Fsp3) is 1.00. The Morgan fingerprint density at radius 3 is 1.19 bits per heavy atom. The lowest BCUT2D eigenvalue weighted by atomic mass is 10.0. The van der Waals surface area contributed by atoms with E-state index in [-0.39, 0.29) is 11.9 Å². The lowest BCUT2D eigenvalue weighted by molar-refractivity contribution is 0.478. The SMILES string of the molecule is CCCCCCCCCCCCCCCCS(=O)(=O)O.N. The number of hydrogen-bond acceptors (Lipinski definition) is 3. The first-order valence-electron chi connectivity index (χ1n) is 8.51. The second-order valence-electron chi connectivity index (χ2n) is 5.88. The molecule has 0 fully saturated rings. The molecule has 0 saturated heterocycles. The van der Waals surface area contributed by atoms with Crippen LogP contribution in [0.2, 0.25) is 0 Å². The van der Waals surface area contributed by atoms with E-state index in [9.17, 15) is 8.42 Å². The first-order chi connectivity index (χ1) is 9.56. The van der Waals surface area contributed by atoms with Crippen LogP contribution in [0.5, 0.6) is 0 Å². The molecule has 0 aromatic carbocycles. The van der Waals surface area contributed by atoms with E-state index in [4.69, 9.17) is 4.55 Å². The summed E-state index contributed by atoms with van der Waals surface area (Å²) in [5.41, 5.74) is 0. The van der Waals surface area contributed by atoms with Crippen molar-refractivity contribution in [2.45, 2.75) is 96.8 Å². The molecular weight excluding hydrogens is 286 g/mol. The summed E-state index contributed by atoms with van der Waals surface area (Å²) >= 11 is 0. The molecular formula is C16H37NO3S. The third-order valence-electron chi connectivity index (χ3n) is 3.76. The minimum Gasteiger partial charge on any atom is -0.344 e. The molecule has 0 aliphatic heterocycles. The van der Waals surface area contributed by atoms with Crippen molar-refractivity contribution in [2.75, 3.05) is 5.75 Å². The van der Waals surface area contributed by atoms with Gasteiger partial charge in [0.25, 0.3) is 10.1 Å². The van der Waals surface area contributed by atoms with Crippen LogP contribution in [0.15, 0.2) is 0 Å². The summed E-state index contributed by atoms with van der Waals surface area (Å²) in [6.45, 7) is 2.25. The normalized spacial score (nSPS) is 11.3. The van der Waals surface area contributed by atoms with E-state index in [1.807, 2.05) is 0 Å². The van der Waals surface area contributed by atoms with Gasteiger partial charge in [0.15, 0.2) is 0 Å². The van der Waals surface area contributed by atoms with Crippen LogP contribution in [-0.2, 0) is 10.1 Å². The molecule has 0 aliphatic carbocycles. The molecule has 0 spiro atoms. The zero-order valence-electron chi connectivity index (χ0n) is 14.0. The van der Waals surface area contributed by atoms with E-state index >= 15 is 0 Å². The van der Waals surface area contributed by atoms with Crippen LogP contribution in [-0.4, -0.2) is 18.7 Å². The standard InChI is InChI=1S/C16H34O3S.H3N/c1-2-3-4-5-6-7-8-9-10-11-12-13-14-15-16-20(17,18)19;/h2-16H2,1H3,(H,17,18,19);1H3. The molecule has 5 heteroatoms. The van der Waals surface area contributed by atoms with Crippen molar-refractivity contribution in [3.05, 3.63) is 0 Å². The molecule has 4 nitrogen and oxygen atoms in total. The van der Waals surface area contributed by atoms with Crippen molar-refractivity contribution >= 4 is 10.1 Å². The summed E-state index contributed by atoms with van der Waals surface area (Å²) < 4.78 is 29.6. The predicted molar refractivity (Wildman–Crippen MR) is 91.7 cm³/mol. The third kappa shape index (κ3) is 22.3. The highest BCUT2D eigenvalue weighted by molar-refractivity contribution is 7.85. The Bertz CT molecular complexity index is 292. The number of hydrogen-bond donors (Lipinski definition) is 2. The molecule has 0 bridgehead atoms. The van der Waals surface area contributed by atoms with Crippen LogP contribution in [0.1, 0.15) is 96.8 Å². The van der Waals surface area contributed by atoms with E-state index in [1.165, 1.54) is 70.6 Å². The van der Waals surface area contributed by atoms with Crippen molar-refractivity contribution in [3.8, 4) is 0 Å². The van der Waals surface area contributed by atoms with Crippen molar-refractivity contribution in [1.82, 2.24) is 6.15 Å². The molecule has 21 heavy (non-hydrogen) atoms. The van der Waals surface area contributed by atoms with Crippen LogP contribution in [0.4, 0.5) is 0 Å². The Hall–Kier alpha value is -0.130. The van der Waals surface area contributed by atoms with Crippen LogP contribution in [0.3, 0.4) is 0 Å². The van der Waals surface area contributed by atoms with E-state index in [2.05, 4.69) is 6.92 Å². The highest BCUT2D eigenvalue weighted by atomic mass is 32.2. The molecule has 0 aromatic heterocycles. The molecule has 0 aromatic rings. The maximum Gasteiger partial charge on any atom is 0.264 e. The van der Waals surface area contributed by atoms with Crippen LogP contribution in [0, 0.1) is 0 Å². The molecule has 0 radical (unpaired) electrons. The zero-order chi connectivity index (χ0) is 15.1. The second-order valence-corrected chi connectivity index (χ2v) is 7.45. The average molecular weight is 324 g/mol. The Morgan fingerprint density at radius 1 is 0.619 bits per heavy atom. The molecule has 0 saturated carbocycles. The van der Waals surface area contributed by atoms with Crippen LogP contribution >= 0.6 is 0 Å². The zero-order valence-corrected chi connectivity index (χ0v) is 14.8. The van der Waals surface area contributed by atoms with Gasteiger partial charge in [0.05, 0.1) is 5.75 Å². The summed E-state index contributed by atoms with van der Waals surface area (Å²) in [6, 6.07) is 0. The molecule has 4 N–H and O–H groups in total. The van der Waals surface area contributed by atoms with Gasteiger partial charge in [-0.2, -0.15) is 8.42 Å². The molecule has 130 valence electrons. The number of unbranched alkanes of at least 4 members (excludes halogenated alkanes) is 13. The van der Waals surface area contributed by atoms with E-state index < -0.39 is 10.1 Å². The van der Waals surface area contributed by atoms with Gasteiger partial charge in [-0.05, 0) is 6.42 Å². The summed E-state index contributed by atoms with van der Waals surface area (Å²) in [5, 5.41) is 0. The highest BCUT2D eigenvalue weighted by Gasteiger charge is 2.02. The summed E-state index contributed by atoms with van der Waals surface area (Å²) in [5.74, 6) is -0.0783. The Balaban J connectivity index is 0. The van der Waals surface area contributed by atoms with E-state index in [0.29, 0.717) is 6.42 Å².